The van der Waals surface area contributed by atoms with Crippen molar-refractivity contribution in [1.29, 1.82) is 0 Å². The van der Waals surface area contributed by atoms with E-state index in [0.29, 0.717) is 5.75 Å². The summed E-state index contributed by atoms with van der Waals surface area (Å²) in [7, 11) is 0. The Morgan fingerprint density at radius 3 is 2.61 bits per heavy atom. The summed E-state index contributed by atoms with van der Waals surface area (Å²) in [5, 5.41) is 4.05. The van der Waals surface area contributed by atoms with Crippen molar-refractivity contribution in [2.45, 2.75) is 18.7 Å². The van der Waals surface area contributed by atoms with E-state index in [1.54, 1.807) is 6.20 Å². The highest BCUT2D eigenvalue weighted by Crippen LogP contribution is 2.26. The van der Waals surface area contributed by atoms with Crippen molar-refractivity contribution in [3.05, 3.63) is 65.9 Å². The van der Waals surface area contributed by atoms with Gasteiger partial charge in [-0.05, 0) is 49.2 Å². The number of carbonyl (C=O) groups is 1. The molecule has 0 aliphatic rings. The number of aryl methyl sites for hydroxylation is 2. The lowest BCUT2D eigenvalue weighted by Crippen LogP contribution is -2.14. The number of anilines is 1. The lowest BCUT2D eigenvalue weighted by atomic mass is 10.1. The topological polar surface area (TPSA) is 42.0 Å². The van der Waals surface area contributed by atoms with E-state index >= 15 is 0 Å². The first-order valence-corrected chi connectivity index (χ1v) is 8.45. The Bertz CT molecular complexity index is 835. The first-order chi connectivity index (χ1) is 11.1. The van der Waals surface area contributed by atoms with Gasteiger partial charge in [-0.2, -0.15) is 0 Å². The van der Waals surface area contributed by atoms with Crippen LogP contribution in [-0.2, 0) is 4.79 Å². The standard InChI is InChI=1S/C19H18N2OS/c1-13-9-14(2)11-15(10-13)21-19(22)12-23-18-7-8-20-17-6-4-3-5-16(17)18/h3-11H,12H2,1-2H3,(H,21,22). The zero-order chi connectivity index (χ0) is 16.2. The van der Waals surface area contributed by atoms with Crippen LogP contribution in [0.15, 0.2) is 59.6 Å². The Labute approximate surface area is 140 Å². The molecule has 1 N–H and O–H groups in total. The molecule has 2 aromatic carbocycles. The molecule has 3 rings (SSSR count). The summed E-state index contributed by atoms with van der Waals surface area (Å²) >= 11 is 1.53. The van der Waals surface area contributed by atoms with E-state index in [1.807, 2.05) is 56.3 Å². The first kappa shape index (κ1) is 15.6. The molecular formula is C19H18N2OS. The molecule has 1 aromatic heterocycles. The number of rotatable bonds is 4. The maximum absolute atomic E-state index is 12.2. The Morgan fingerprint density at radius 2 is 1.83 bits per heavy atom. The van der Waals surface area contributed by atoms with Gasteiger partial charge in [0.05, 0.1) is 11.3 Å². The molecule has 0 unspecified atom stereocenters. The number of pyridine rings is 1. The highest BCUT2D eigenvalue weighted by molar-refractivity contribution is 8.00. The summed E-state index contributed by atoms with van der Waals surface area (Å²) in [4.78, 5) is 17.6. The molecule has 1 heterocycles. The number of carbonyl (C=O) groups excluding carboxylic acids is 1. The highest BCUT2D eigenvalue weighted by atomic mass is 32.2. The summed E-state index contributed by atoms with van der Waals surface area (Å²) in [6.45, 7) is 4.06. The molecule has 0 aliphatic carbocycles. The van der Waals surface area contributed by atoms with Crippen LogP contribution < -0.4 is 5.32 Å². The van der Waals surface area contributed by atoms with Crippen molar-refractivity contribution < 1.29 is 4.79 Å². The predicted octanol–water partition coefficient (Wildman–Crippen LogP) is 4.58. The lowest BCUT2D eigenvalue weighted by Gasteiger charge is -2.08. The van der Waals surface area contributed by atoms with Gasteiger partial charge in [0, 0.05) is 22.2 Å². The van der Waals surface area contributed by atoms with Crippen LogP contribution in [0, 0.1) is 13.8 Å². The number of benzene rings is 2. The molecule has 3 nitrogen and oxygen atoms in total. The van der Waals surface area contributed by atoms with E-state index < -0.39 is 0 Å². The molecule has 1 amide bonds. The van der Waals surface area contributed by atoms with E-state index in [4.69, 9.17) is 0 Å². The van der Waals surface area contributed by atoms with E-state index in [0.717, 1.165) is 32.6 Å². The van der Waals surface area contributed by atoms with E-state index in [-0.39, 0.29) is 5.91 Å². The van der Waals surface area contributed by atoms with Crippen LogP contribution in [-0.4, -0.2) is 16.6 Å². The van der Waals surface area contributed by atoms with Gasteiger partial charge >= 0.3 is 0 Å². The quantitative estimate of drug-likeness (QED) is 0.715. The van der Waals surface area contributed by atoms with Gasteiger partial charge in [0.25, 0.3) is 0 Å². The Kier molecular flexibility index (Phi) is 4.63. The molecule has 4 heteroatoms. The Balaban J connectivity index is 1.68. The molecule has 3 aromatic rings. The molecule has 0 radical (unpaired) electrons. The molecule has 0 atom stereocenters. The summed E-state index contributed by atoms with van der Waals surface area (Å²) < 4.78 is 0. The average Bonchev–Trinajstić information content (AvgIpc) is 2.52. The van der Waals surface area contributed by atoms with Crippen LogP contribution in [0.4, 0.5) is 5.69 Å². The number of aromatic nitrogens is 1. The van der Waals surface area contributed by atoms with Gasteiger partial charge in [-0.1, -0.05) is 24.3 Å². The third-order valence-corrected chi connectivity index (χ3v) is 4.55. The number of para-hydroxylation sites is 1. The Hall–Kier alpha value is -2.33. The molecule has 0 saturated carbocycles. The number of nitrogens with zero attached hydrogens (tertiary/aromatic N) is 1. The second-order valence-electron chi connectivity index (χ2n) is 5.54. The zero-order valence-electron chi connectivity index (χ0n) is 13.2. The monoisotopic (exact) mass is 322 g/mol. The van der Waals surface area contributed by atoms with Gasteiger partial charge in [-0.3, -0.25) is 9.78 Å². The number of hydrogen-bond acceptors (Lipinski definition) is 3. The maximum Gasteiger partial charge on any atom is 0.234 e. The Morgan fingerprint density at radius 1 is 1.09 bits per heavy atom. The van der Waals surface area contributed by atoms with Gasteiger partial charge in [0.2, 0.25) is 5.91 Å². The fourth-order valence-electron chi connectivity index (χ4n) is 2.58. The van der Waals surface area contributed by atoms with Crippen molar-refractivity contribution in [2.24, 2.45) is 0 Å². The third-order valence-electron chi connectivity index (χ3n) is 3.47. The van der Waals surface area contributed by atoms with Gasteiger partial charge in [0.15, 0.2) is 0 Å². The minimum Gasteiger partial charge on any atom is -0.325 e. The molecule has 116 valence electrons. The average molecular weight is 322 g/mol. The van der Waals surface area contributed by atoms with Crippen molar-refractivity contribution in [3.63, 3.8) is 0 Å². The minimum atomic E-state index is 0.000827. The molecular weight excluding hydrogens is 304 g/mol. The normalized spacial score (nSPS) is 10.7. The third kappa shape index (κ3) is 3.90. The molecule has 0 saturated heterocycles. The van der Waals surface area contributed by atoms with Crippen molar-refractivity contribution in [1.82, 2.24) is 4.98 Å². The predicted molar refractivity (Wildman–Crippen MR) is 97.0 cm³/mol. The fourth-order valence-corrected chi connectivity index (χ4v) is 3.43. The number of amides is 1. The number of fused-ring (bicyclic) bond motifs is 1. The SMILES string of the molecule is Cc1cc(C)cc(NC(=O)CSc2ccnc3ccccc23)c1. The van der Waals surface area contributed by atoms with Crippen LogP contribution >= 0.6 is 11.8 Å². The van der Waals surface area contributed by atoms with Gasteiger partial charge in [0.1, 0.15) is 0 Å². The summed E-state index contributed by atoms with van der Waals surface area (Å²) in [5.74, 6) is 0.377. The summed E-state index contributed by atoms with van der Waals surface area (Å²) in [6.07, 6.45) is 1.78. The van der Waals surface area contributed by atoms with Crippen LogP contribution in [0.25, 0.3) is 10.9 Å². The van der Waals surface area contributed by atoms with Crippen LogP contribution in [0.3, 0.4) is 0 Å². The molecule has 0 bridgehead atoms. The molecule has 23 heavy (non-hydrogen) atoms. The van der Waals surface area contributed by atoms with Crippen LogP contribution in [0.1, 0.15) is 11.1 Å². The number of nitrogens with one attached hydrogen (secondary N) is 1. The minimum absolute atomic E-state index is 0.000827. The summed E-state index contributed by atoms with van der Waals surface area (Å²) in [5.41, 5.74) is 4.10. The molecule has 0 spiro atoms. The zero-order valence-corrected chi connectivity index (χ0v) is 14.0. The second-order valence-corrected chi connectivity index (χ2v) is 6.56. The smallest absolute Gasteiger partial charge is 0.234 e. The molecule has 0 fully saturated rings. The first-order valence-electron chi connectivity index (χ1n) is 7.46. The maximum atomic E-state index is 12.2. The van der Waals surface area contributed by atoms with E-state index in [1.165, 1.54) is 11.8 Å². The summed E-state index contributed by atoms with van der Waals surface area (Å²) in [6, 6.07) is 16.0. The van der Waals surface area contributed by atoms with Gasteiger partial charge in [-0.15, -0.1) is 11.8 Å². The van der Waals surface area contributed by atoms with Crippen molar-refractivity contribution in [2.75, 3.05) is 11.1 Å². The number of hydrogen-bond donors (Lipinski definition) is 1. The highest BCUT2D eigenvalue weighted by Gasteiger charge is 2.07. The lowest BCUT2D eigenvalue weighted by molar-refractivity contribution is -0.113. The largest absolute Gasteiger partial charge is 0.325 e. The van der Waals surface area contributed by atoms with Crippen LogP contribution in [0.5, 0.6) is 0 Å². The van der Waals surface area contributed by atoms with Crippen molar-refractivity contribution in [3.8, 4) is 0 Å². The number of thioether (sulfide) groups is 1. The van der Waals surface area contributed by atoms with E-state index in [2.05, 4.69) is 16.4 Å². The van der Waals surface area contributed by atoms with Crippen LogP contribution in [0.2, 0.25) is 0 Å². The van der Waals surface area contributed by atoms with Gasteiger partial charge < -0.3 is 5.32 Å². The van der Waals surface area contributed by atoms with Gasteiger partial charge in [-0.25, -0.2) is 0 Å². The van der Waals surface area contributed by atoms with Crippen molar-refractivity contribution >= 4 is 34.3 Å². The van der Waals surface area contributed by atoms with E-state index in [9.17, 15) is 4.79 Å². The second kappa shape index (κ2) is 6.84. The fraction of sp³-hybridized carbons (Fsp3) is 0.158. The molecule has 0 aliphatic heterocycles.